The van der Waals surface area contributed by atoms with E-state index in [1.807, 2.05) is 24.3 Å². The maximum absolute atomic E-state index is 11.4. The molecule has 0 radical (unpaired) electrons. The zero-order valence-corrected chi connectivity index (χ0v) is 13.8. The van der Waals surface area contributed by atoms with E-state index >= 15 is 0 Å². The predicted octanol–water partition coefficient (Wildman–Crippen LogP) is 2.96. The number of nitrogens with zero attached hydrogens (tertiary/aromatic N) is 1. The molecule has 0 saturated carbocycles. The summed E-state index contributed by atoms with van der Waals surface area (Å²) >= 11 is 0. The molecule has 2 aromatic rings. The minimum atomic E-state index is -0.504. The van der Waals surface area contributed by atoms with Crippen molar-refractivity contribution in [2.24, 2.45) is 5.92 Å². The van der Waals surface area contributed by atoms with Crippen LogP contribution < -0.4 is 10.1 Å². The number of hydrogen-bond donors (Lipinski definition) is 1. The molecule has 0 spiro atoms. The van der Waals surface area contributed by atoms with Gasteiger partial charge >= 0.3 is 5.97 Å². The molecule has 2 rings (SSSR count). The molecule has 1 heterocycles. The van der Waals surface area contributed by atoms with Gasteiger partial charge < -0.3 is 19.2 Å². The molecular weight excluding hydrogens is 296 g/mol. The standard InChI is InChI=1S/C17H22N2O4/c1-11(2)16(12-5-7-13(21-3)8-6-12)18-9-15-19-14(10-23-15)17(20)22-4/h5-8,10-11,16,18H,9H2,1-4H3. The van der Waals surface area contributed by atoms with Gasteiger partial charge in [0.1, 0.15) is 12.0 Å². The number of carbonyl (C=O) groups is 1. The highest BCUT2D eigenvalue weighted by atomic mass is 16.5. The third-order valence-electron chi connectivity index (χ3n) is 3.56. The Kier molecular flexibility index (Phi) is 5.76. The van der Waals surface area contributed by atoms with Crippen LogP contribution in [0.3, 0.4) is 0 Å². The second-order valence-electron chi connectivity index (χ2n) is 5.49. The molecule has 1 aromatic carbocycles. The zero-order chi connectivity index (χ0) is 16.8. The van der Waals surface area contributed by atoms with E-state index in [0.717, 1.165) is 11.3 Å². The first kappa shape index (κ1) is 17.0. The summed E-state index contributed by atoms with van der Waals surface area (Å²) in [6, 6.07) is 8.08. The first-order valence-electron chi connectivity index (χ1n) is 7.45. The van der Waals surface area contributed by atoms with Crippen LogP contribution in [0.2, 0.25) is 0 Å². The number of methoxy groups -OCH3 is 2. The van der Waals surface area contributed by atoms with E-state index < -0.39 is 5.97 Å². The average Bonchev–Trinajstić information content (AvgIpc) is 3.03. The van der Waals surface area contributed by atoms with E-state index in [1.54, 1.807) is 7.11 Å². The summed E-state index contributed by atoms with van der Waals surface area (Å²) in [6.45, 7) is 4.69. The Balaban J connectivity index is 2.04. The third-order valence-corrected chi connectivity index (χ3v) is 3.56. The number of ether oxygens (including phenoxy) is 2. The fourth-order valence-corrected chi connectivity index (χ4v) is 2.34. The molecule has 0 aliphatic rings. The van der Waals surface area contributed by atoms with Gasteiger partial charge in [-0.25, -0.2) is 9.78 Å². The summed E-state index contributed by atoms with van der Waals surface area (Å²) in [6.07, 6.45) is 1.31. The van der Waals surface area contributed by atoms with Crippen LogP contribution in [0, 0.1) is 5.92 Å². The van der Waals surface area contributed by atoms with Gasteiger partial charge in [0.2, 0.25) is 5.89 Å². The quantitative estimate of drug-likeness (QED) is 0.791. The van der Waals surface area contributed by atoms with Gasteiger partial charge in [-0.05, 0) is 23.6 Å². The lowest BCUT2D eigenvalue weighted by Gasteiger charge is -2.22. The zero-order valence-electron chi connectivity index (χ0n) is 13.8. The Morgan fingerprint density at radius 2 is 1.96 bits per heavy atom. The summed E-state index contributed by atoms with van der Waals surface area (Å²) in [4.78, 5) is 15.5. The van der Waals surface area contributed by atoms with Crippen molar-refractivity contribution in [2.75, 3.05) is 14.2 Å². The molecule has 1 unspecified atom stereocenters. The predicted molar refractivity (Wildman–Crippen MR) is 85.3 cm³/mol. The van der Waals surface area contributed by atoms with E-state index in [4.69, 9.17) is 9.15 Å². The molecule has 0 fully saturated rings. The Morgan fingerprint density at radius 1 is 1.26 bits per heavy atom. The van der Waals surface area contributed by atoms with E-state index in [0.29, 0.717) is 18.4 Å². The van der Waals surface area contributed by atoms with E-state index in [1.165, 1.54) is 13.4 Å². The minimum Gasteiger partial charge on any atom is -0.497 e. The fraction of sp³-hybridized carbons (Fsp3) is 0.412. The number of esters is 1. The van der Waals surface area contributed by atoms with E-state index in [9.17, 15) is 4.79 Å². The van der Waals surface area contributed by atoms with Crippen LogP contribution in [-0.2, 0) is 11.3 Å². The lowest BCUT2D eigenvalue weighted by Crippen LogP contribution is -2.25. The Labute approximate surface area is 135 Å². The van der Waals surface area contributed by atoms with Gasteiger partial charge in [0.05, 0.1) is 20.8 Å². The topological polar surface area (TPSA) is 73.6 Å². The molecule has 0 aliphatic carbocycles. The lowest BCUT2D eigenvalue weighted by molar-refractivity contribution is 0.0594. The molecule has 0 aliphatic heterocycles. The second-order valence-corrected chi connectivity index (χ2v) is 5.49. The van der Waals surface area contributed by atoms with Gasteiger partial charge in [0, 0.05) is 6.04 Å². The largest absolute Gasteiger partial charge is 0.497 e. The van der Waals surface area contributed by atoms with Gasteiger partial charge in [0.15, 0.2) is 5.69 Å². The lowest BCUT2D eigenvalue weighted by atomic mass is 9.96. The molecule has 1 aromatic heterocycles. The van der Waals surface area contributed by atoms with Gasteiger partial charge in [-0.3, -0.25) is 0 Å². The highest BCUT2D eigenvalue weighted by Gasteiger charge is 2.18. The molecule has 23 heavy (non-hydrogen) atoms. The number of benzene rings is 1. The number of carbonyl (C=O) groups excluding carboxylic acids is 1. The van der Waals surface area contributed by atoms with Crippen LogP contribution in [0.15, 0.2) is 34.9 Å². The van der Waals surface area contributed by atoms with Crippen LogP contribution >= 0.6 is 0 Å². The molecule has 6 nitrogen and oxygen atoms in total. The third kappa shape index (κ3) is 4.32. The van der Waals surface area contributed by atoms with Crippen molar-refractivity contribution in [3.63, 3.8) is 0 Å². The monoisotopic (exact) mass is 318 g/mol. The fourth-order valence-electron chi connectivity index (χ4n) is 2.34. The molecule has 0 amide bonds. The van der Waals surface area contributed by atoms with Crippen molar-refractivity contribution in [2.45, 2.75) is 26.4 Å². The summed E-state index contributed by atoms with van der Waals surface area (Å²) in [5.41, 5.74) is 1.33. The Hall–Kier alpha value is -2.34. The van der Waals surface area contributed by atoms with Gasteiger partial charge in [-0.2, -0.15) is 0 Å². The van der Waals surface area contributed by atoms with Gasteiger partial charge in [0.25, 0.3) is 0 Å². The highest BCUT2D eigenvalue weighted by Crippen LogP contribution is 2.24. The smallest absolute Gasteiger partial charge is 0.360 e. The molecule has 124 valence electrons. The van der Waals surface area contributed by atoms with Crippen molar-refractivity contribution in [1.29, 1.82) is 0 Å². The molecular formula is C17H22N2O4. The second kappa shape index (κ2) is 7.78. The highest BCUT2D eigenvalue weighted by molar-refractivity contribution is 5.86. The van der Waals surface area contributed by atoms with E-state index in [2.05, 4.69) is 28.9 Å². The molecule has 0 saturated heterocycles. The van der Waals surface area contributed by atoms with Crippen molar-refractivity contribution in [3.05, 3.63) is 47.7 Å². The molecule has 6 heteroatoms. The average molecular weight is 318 g/mol. The number of rotatable bonds is 7. The van der Waals surface area contributed by atoms with Crippen LogP contribution in [0.5, 0.6) is 5.75 Å². The van der Waals surface area contributed by atoms with Crippen LogP contribution in [0.4, 0.5) is 0 Å². The van der Waals surface area contributed by atoms with Crippen LogP contribution in [-0.4, -0.2) is 25.2 Å². The Bertz CT molecular complexity index is 634. The minimum absolute atomic E-state index is 0.134. The maximum atomic E-state index is 11.4. The summed E-state index contributed by atoms with van der Waals surface area (Å²) in [5, 5.41) is 3.41. The normalized spacial score (nSPS) is 12.2. The first-order valence-corrected chi connectivity index (χ1v) is 7.45. The molecule has 1 N–H and O–H groups in total. The summed E-state index contributed by atoms with van der Waals surface area (Å²) < 4.78 is 15.1. The number of oxazole rings is 1. The van der Waals surface area contributed by atoms with Gasteiger partial charge in [-0.1, -0.05) is 26.0 Å². The van der Waals surface area contributed by atoms with Gasteiger partial charge in [-0.15, -0.1) is 0 Å². The first-order chi connectivity index (χ1) is 11.0. The summed E-state index contributed by atoms with van der Waals surface area (Å²) in [7, 11) is 2.96. The van der Waals surface area contributed by atoms with Crippen LogP contribution in [0.1, 0.15) is 41.8 Å². The van der Waals surface area contributed by atoms with Crippen molar-refractivity contribution in [3.8, 4) is 5.75 Å². The van der Waals surface area contributed by atoms with Crippen molar-refractivity contribution in [1.82, 2.24) is 10.3 Å². The Morgan fingerprint density at radius 3 is 2.52 bits per heavy atom. The molecule has 1 atom stereocenters. The van der Waals surface area contributed by atoms with Crippen molar-refractivity contribution >= 4 is 5.97 Å². The number of aromatic nitrogens is 1. The molecule has 0 bridgehead atoms. The number of hydrogen-bond acceptors (Lipinski definition) is 6. The van der Waals surface area contributed by atoms with Crippen LogP contribution in [0.25, 0.3) is 0 Å². The summed E-state index contributed by atoms with van der Waals surface area (Å²) in [5.74, 6) is 1.14. The maximum Gasteiger partial charge on any atom is 0.360 e. The van der Waals surface area contributed by atoms with E-state index in [-0.39, 0.29) is 11.7 Å². The van der Waals surface area contributed by atoms with Crippen molar-refractivity contribution < 1.29 is 18.7 Å². The SMILES string of the molecule is COC(=O)c1coc(CNC(c2ccc(OC)cc2)C(C)C)n1. The number of nitrogens with one attached hydrogen (secondary N) is 1.